The second-order valence-corrected chi connectivity index (χ2v) is 5.40. The molecule has 0 aromatic carbocycles. The fourth-order valence-electron chi connectivity index (χ4n) is 2.72. The van der Waals surface area contributed by atoms with Crippen molar-refractivity contribution in [3.63, 3.8) is 0 Å². The number of carbonyl (C=O) groups excluding carboxylic acids is 1. The number of hydrogen-bond acceptors (Lipinski definition) is 2. The van der Waals surface area contributed by atoms with E-state index in [2.05, 4.69) is 17.1 Å². The number of piperidine rings is 1. The molecule has 1 unspecified atom stereocenters. The van der Waals surface area contributed by atoms with Crippen LogP contribution in [0, 0.1) is 5.92 Å². The fraction of sp³-hybridized carbons (Fsp3) is 0.923. The SMILES string of the molecule is CC1CCN(C(=O)CCC2CCCN2)CC1. The van der Waals surface area contributed by atoms with Crippen LogP contribution in [-0.4, -0.2) is 36.5 Å². The first-order chi connectivity index (χ1) is 7.75. The van der Waals surface area contributed by atoms with Gasteiger partial charge in [-0.2, -0.15) is 0 Å². The molecule has 2 saturated heterocycles. The van der Waals surface area contributed by atoms with Crippen molar-refractivity contribution in [2.75, 3.05) is 19.6 Å². The summed E-state index contributed by atoms with van der Waals surface area (Å²) in [6.45, 7) is 5.39. The van der Waals surface area contributed by atoms with E-state index in [0.29, 0.717) is 11.9 Å². The van der Waals surface area contributed by atoms with Crippen molar-refractivity contribution in [3.05, 3.63) is 0 Å². The minimum atomic E-state index is 0.376. The summed E-state index contributed by atoms with van der Waals surface area (Å²) in [5.41, 5.74) is 0. The minimum Gasteiger partial charge on any atom is -0.343 e. The summed E-state index contributed by atoms with van der Waals surface area (Å²) in [4.78, 5) is 14.0. The van der Waals surface area contributed by atoms with E-state index in [4.69, 9.17) is 0 Å². The lowest BCUT2D eigenvalue weighted by Crippen LogP contribution is -2.38. The van der Waals surface area contributed by atoms with Crippen molar-refractivity contribution in [1.29, 1.82) is 0 Å². The van der Waals surface area contributed by atoms with Gasteiger partial charge in [0.25, 0.3) is 0 Å². The molecule has 2 aliphatic rings. The summed E-state index contributed by atoms with van der Waals surface area (Å²) in [5.74, 6) is 1.18. The first kappa shape index (κ1) is 11.9. The zero-order valence-electron chi connectivity index (χ0n) is 10.4. The van der Waals surface area contributed by atoms with Crippen molar-refractivity contribution in [2.24, 2.45) is 5.92 Å². The second-order valence-electron chi connectivity index (χ2n) is 5.40. The minimum absolute atomic E-state index is 0.376. The van der Waals surface area contributed by atoms with Crippen LogP contribution in [0.15, 0.2) is 0 Å². The Bertz CT molecular complexity index is 228. The summed E-state index contributed by atoms with van der Waals surface area (Å²) >= 11 is 0. The van der Waals surface area contributed by atoms with E-state index in [0.717, 1.165) is 38.4 Å². The monoisotopic (exact) mass is 224 g/mol. The van der Waals surface area contributed by atoms with Gasteiger partial charge in [0.15, 0.2) is 0 Å². The summed E-state index contributed by atoms with van der Waals surface area (Å²) in [6, 6.07) is 0.604. The zero-order chi connectivity index (χ0) is 11.4. The number of nitrogens with zero attached hydrogens (tertiary/aromatic N) is 1. The van der Waals surface area contributed by atoms with Crippen LogP contribution in [0.3, 0.4) is 0 Å². The van der Waals surface area contributed by atoms with Crippen LogP contribution in [0.1, 0.15) is 45.4 Å². The third-order valence-electron chi connectivity index (χ3n) is 4.01. The molecule has 0 bridgehead atoms. The lowest BCUT2D eigenvalue weighted by Gasteiger charge is -2.30. The third kappa shape index (κ3) is 3.21. The van der Waals surface area contributed by atoms with Gasteiger partial charge in [0.1, 0.15) is 0 Å². The van der Waals surface area contributed by atoms with E-state index >= 15 is 0 Å². The Kier molecular flexibility index (Phi) is 4.22. The third-order valence-corrected chi connectivity index (χ3v) is 4.01. The van der Waals surface area contributed by atoms with Gasteiger partial charge in [-0.1, -0.05) is 6.92 Å². The summed E-state index contributed by atoms with van der Waals surface area (Å²) in [6.07, 6.45) is 6.68. The highest BCUT2D eigenvalue weighted by atomic mass is 16.2. The van der Waals surface area contributed by atoms with Gasteiger partial charge in [-0.3, -0.25) is 4.79 Å². The largest absolute Gasteiger partial charge is 0.343 e. The van der Waals surface area contributed by atoms with E-state index in [1.165, 1.54) is 25.7 Å². The van der Waals surface area contributed by atoms with E-state index < -0.39 is 0 Å². The van der Waals surface area contributed by atoms with Crippen molar-refractivity contribution >= 4 is 5.91 Å². The fourth-order valence-corrected chi connectivity index (χ4v) is 2.72. The smallest absolute Gasteiger partial charge is 0.222 e. The highest BCUT2D eigenvalue weighted by molar-refractivity contribution is 5.76. The number of likely N-dealkylation sites (tertiary alicyclic amines) is 1. The topological polar surface area (TPSA) is 32.3 Å². The van der Waals surface area contributed by atoms with Crippen molar-refractivity contribution < 1.29 is 4.79 Å². The predicted octanol–water partition coefficient (Wildman–Crippen LogP) is 1.78. The maximum atomic E-state index is 12.0. The molecular weight excluding hydrogens is 200 g/mol. The van der Waals surface area contributed by atoms with Gasteiger partial charge in [-0.15, -0.1) is 0 Å². The highest BCUT2D eigenvalue weighted by Gasteiger charge is 2.21. The number of nitrogens with one attached hydrogen (secondary N) is 1. The van der Waals surface area contributed by atoms with Gasteiger partial charge < -0.3 is 10.2 Å². The summed E-state index contributed by atoms with van der Waals surface area (Å²) in [5, 5.41) is 3.45. The Labute approximate surface area is 98.6 Å². The lowest BCUT2D eigenvalue weighted by molar-refractivity contribution is -0.132. The molecular formula is C13H24N2O. The predicted molar refractivity (Wildman–Crippen MR) is 65.2 cm³/mol. The average Bonchev–Trinajstić information content (AvgIpc) is 2.80. The molecule has 1 amide bonds. The molecule has 3 heteroatoms. The number of hydrogen-bond donors (Lipinski definition) is 1. The Morgan fingerprint density at radius 3 is 2.69 bits per heavy atom. The molecule has 0 radical (unpaired) electrons. The maximum absolute atomic E-state index is 12.0. The Hall–Kier alpha value is -0.570. The average molecular weight is 224 g/mol. The van der Waals surface area contributed by atoms with Crippen molar-refractivity contribution in [2.45, 2.75) is 51.5 Å². The van der Waals surface area contributed by atoms with Crippen LogP contribution in [0.25, 0.3) is 0 Å². The number of carbonyl (C=O) groups is 1. The molecule has 92 valence electrons. The van der Waals surface area contributed by atoms with Gasteiger partial charge in [-0.25, -0.2) is 0 Å². The Balaban J connectivity index is 1.67. The molecule has 2 heterocycles. The van der Waals surface area contributed by atoms with Crippen molar-refractivity contribution in [3.8, 4) is 0 Å². The van der Waals surface area contributed by atoms with Crippen LogP contribution >= 0.6 is 0 Å². The van der Waals surface area contributed by atoms with Gasteiger partial charge in [0.2, 0.25) is 5.91 Å². The zero-order valence-corrected chi connectivity index (χ0v) is 10.4. The highest BCUT2D eigenvalue weighted by Crippen LogP contribution is 2.18. The van der Waals surface area contributed by atoms with E-state index in [9.17, 15) is 4.79 Å². The van der Waals surface area contributed by atoms with Gasteiger partial charge in [0.05, 0.1) is 0 Å². The lowest BCUT2D eigenvalue weighted by atomic mass is 9.98. The molecule has 3 nitrogen and oxygen atoms in total. The van der Waals surface area contributed by atoms with Gasteiger partial charge in [0, 0.05) is 25.6 Å². The molecule has 2 fully saturated rings. The summed E-state index contributed by atoms with van der Waals surface area (Å²) in [7, 11) is 0. The first-order valence-electron chi connectivity index (χ1n) is 6.77. The molecule has 1 atom stereocenters. The molecule has 0 saturated carbocycles. The van der Waals surface area contributed by atoms with Gasteiger partial charge in [-0.05, 0) is 44.6 Å². The van der Waals surface area contributed by atoms with Crippen LogP contribution in [0.5, 0.6) is 0 Å². The van der Waals surface area contributed by atoms with Gasteiger partial charge >= 0.3 is 0 Å². The normalized spacial score (nSPS) is 27.3. The van der Waals surface area contributed by atoms with Crippen LogP contribution in [-0.2, 0) is 4.79 Å². The van der Waals surface area contributed by atoms with Crippen LogP contribution < -0.4 is 5.32 Å². The molecule has 2 aliphatic heterocycles. The molecule has 16 heavy (non-hydrogen) atoms. The molecule has 0 aromatic rings. The Morgan fingerprint density at radius 2 is 2.06 bits per heavy atom. The Morgan fingerprint density at radius 1 is 1.31 bits per heavy atom. The molecule has 0 spiro atoms. The standard InChI is InChI=1S/C13H24N2O/c1-11-6-9-15(10-7-11)13(16)5-4-12-3-2-8-14-12/h11-12,14H,2-10H2,1H3. The van der Waals surface area contributed by atoms with E-state index in [-0.39, 0.29) is 0 Å². The van der Waals surface area contributed by atoms with Crippen LogP contribution in [0.2, 0.25) is 0 Å². The quantitative estimate of drug-likeness (QED) is 0.792. The molecule has 2 rings (SSSR count). The second kappa shape index (κ2) is 5.67. The maximum Gasteiger partial charge on any atom is 0.222 e. The number of amides is 1. The van der Waals surface area contributed by atoms with E-state index in [1.807, 2.05) is 0 Å². The molecule has 1 N–H and O–H groups in total. The molecule has 0 aromatic heterocycles. The van der Waals surface area contributed by atoms with Crippen molar-refractivity contribution in [1.82, 2.24) is 10.2 Å². The first-order valence-corrected chi connectivity index (χ1v) is 6.77. The van der Waals surface area contributed by atoms with Crippen LogP contribution in [0.4, 0.5) is 0 Å². The van der Waals surface area contributed by atoms with E-state index in [1.54, 1.807) is 0 Å². The summed E-state index contributed by atoms with van der Waals surface area (Å²) < 4.78 is 0. The molecule has 0 aliphatic carbocycles. The number of rotatable bonds is 3.